The fourth-order valence-corrected chi connectivity index (χ4v) is 3.31. The summed E-state index contributed by atoms with van der Waals surface area (Å²) in [5.41, 5.74) is 0. The minimum Gasteiger partial charge on any atom is -0.465 e. The van der Waals surface area contributed by atoms with Crippen molar-refractivity contribution in [2.24, 2.45) is 0 Å². The quantitative estimate of drug-likeness (QED) is 0.728. The van der Waals surface area contributed by atoms with E-state index in [0.29, 0.717) is 12.6 Å². The van der Waals surface area contributed by atoms with E-state index in [-0.39, 0.29) is 12.0 Å². The molecule has 0 heterocycles. The smallest absolute Gasteiger partial charge is 0.322 e. The van der Waals surface area contributed by atoms with Gasteiger partial charge >= 0.3 is 5.97 Å². The Morgan fingerprint density at radius 1 is 1.50 bits per heavy atom. The van der Waals surface area contributed by atoms with Crippen LogP contribution in [0, 0.1) is 0 Å². The molecule has 1 N–H and O–H groups in total. The van der Waals surface area contributed by atoms with E-state index in [9.17, 15) is 4.79 Å². The second kappa shape index (κ2) is 7.17. The van der Waals surface area contributed by atoms with E-state index in [1.807, 2.05) is 25.6 Å². The zero-order valence-electron chi connectivity index (χ0n) is 10.5. The molecule has 1 fully saturated rings. The summed E-state index contributed by atoms with van der Waals surface area (Å²) < 4.78 is 4.98. The molecule has 0 saturated heterocycles. The van der Waals surface area contributed by atoms with Gasteiger partial charge in [-0.25, -0.2) is 0 Å². The standard InChI is InChI=1S/C12H23NO2S/c1-4-15-12(14)9(3)13-10-6-7-11(8-10)16-5-2/h9-11,13H,4-8H2,1-3H3. The highest BCUT2D eigenvalue weighted by molar-refractivity contribution is 7.99. The van der Waals surface area contributed by atoms with E-state index in [2.05, 4.69) is 12.2 Å². The third kappa shape index (κ3) is 4.34. The number of ether oxygens (including phenoxy) is 1. The van der Waals surface area contributed by atoms with E-state index in [4.69, 9.17) is 4.74 Å². The summed E-state index contributed by atoms with van der Waals surface area (Å²) in [6.45, 7) is 6.39. The summed E-state index contributed by atoms with van der Waals surface area (Å²) in [4.78, 5) is 11.4. The Labute approximate surface area is 103 Å². The summed E-state index contributed by atoms with van der Waals surface area (Å²) in [6, 6.07) is 0.318. The monoisotopic (exact) mass is 245 g/mol. The minimum atomic E-state index is -0.171. The van der Waals surface area contributed by atoms with E-state index in [0.717, 1.165) is 5.25 Å². The van der Waals surface area contributed by atoms with Crippen LogP contribution in [0.4, 0.5) is 0 Å². The van der Waals surface area contributed by atoms with E-state index < -0.39 is 0 Å². The molecule has 0 amide bonds. The van der Waals surface area contributed by atoms with Gasteiger partial charge in [-0.1, -0.05) is 6.92 Å². The molecule has 0 bridgehead atoms. The number of carbonyl (C=O) groups is 1. The van der Waals surface area contributed by atoms with E-state index in [1.165, 1.54) is 25.0 Å². The second-order valence-corrected chi connectivity index (χ2v) is 5.81. The van der Waals surface area contributed by atoms with Crippen LogP contribution in [0.2, 0.25) is 0 Å². The van der Waals surface area contributed by atoms with Crippen molar-refractivity contribution in [1.82, 2.24) is 5.32 Å². The average Bonchev–Trinajstić information content (AvgIpc) is 2.66. The molecule has 1 aliphatic rings. The van der Waals surface area contributed by atoms with Crippen molar-refractivity contribution in [2.75, 3.05) is 12.4 Å². The number of nitrogens with one attached hydrogen (secondary N) is 1. The van der Waals surface area contributed by atoms with E-state index in [1.54, 1.807) is 0 Å². The first-order valence-corrected chi connectivity index (χ1v) is 7.26. The van der Waals surface area contributed by atoms with Gasteiger partial charge in [0, 0.05) is 11.3 Å². The molecule has 0 spiro atoms. The van der Waals surface area contributed by atoms with Crippen molar-refractivity contribution in [3.8, 4) is 0 Å². The molecule has 0 aromatic carbocycles. The number of hydrogen-bond acceptors (Lipinski definition) is 4. The Morgan fingerprint density at radius 3 is 2.88 bits per heavy atom. The lowest BCUT2D eigenvalue weighted by Crippen LogP contribution is -2.41. The number of esters is 1. The van der Waals surface area contributed by atoms with Gasteiger partial charge < -0.3 is 10.1 Å². The highest BCUT2D eigenvalue weighted by atomic mass is 32.2. The molecule has 1 saturated carbocycles. The predicted octanol–water partition coefficient (Wildman–Crippen LogP) is 2.20. The number of carbonyl (C=O) groups excluding carboxylic acids is 1. The molecular weight excluding hydrogens is 222 g/mol. The number of hydrogen-bond donors (Lipinski definition) is 1. The van der Waals surface area contributed by atoms with Crippen LogP contribution in [0.5, 0.6) is 0 Å². The van der Waals surface area contributed by atoms with Crippen molar-refractivity contribution < 1.29 is 9.53 Å². The third-order valence-electron chi connectivity index (χ3n) is 2.91. The summed E-state index contributed by atoms with van der Waals surface area (Å²) in [5, 5.41) is 4.14. The Kier molecular flexibility index (Phi) is 6.21. The highest BCUT2D eigenvalue weighted by Gasteiger charge is 2.27. The topological polar surface area (TPSA) is 38.3 Å². The maximum Gasteiger partial charge on any atom is 0.322 e. The molecule has 1 aliphatic carbocycles. The zero-order chi connectivity index (χ0) is 12.0. The molecule has 3 unspecified atom stereocenters. The molecule has 3 atom stereocenters. The Bertz CT molecular complexity index is 223. The zero-order valence-corrected chi connectivity index (χ0v) is 11.3. The van der Waals surface area contributed by atoms with Gasteiger partial charge in [-0.05, 0) is 38.9 Å². The van der Waals surface area contributed by atoms with Gasteiger partial charge in [0.2, 0.25) is 0 Å². The van der Waals surface area contributed by atoms with Gasteiger partial charge in [0.25, 0.3) is 0 Å². The molecule has 0 radical (unpaired) electrons. The van der Waals surface area contributed by atoms with Crippen LogP contribution in [0.15, 0.2) is 0 Å². The van der Waals surface area contributed by atoms with Crippen LogP contribution in [-0.2, 0) is 9.53 Å². The maximum absolute atomic E-state index is 11.4. The Hall–Kier alpha value is -0.220. The fourth-order valence-electron chi connectivity index (χ4n) is 2.17. The second-order valence-electron chi connectivity index (χ2n) is 4.23. The summed E-state index contributed by atoms with van der Waals surface area (Å²) >= 11 is 2.03. The molecular formula is C12H23NO2S. The summed E-state index contributed by atoms with van der Waals surface area (Å²) in [5.74, 6) is 1.05. The normalized spacial score (nSPS) is 26.7. The summed E-state index contributed by atoms with van der Waals surface area (Å²) in [7, 11) is 0. The van der Waals surface area contributed by atoms with Crippen molar-refractivity contribution in [3.63, 3.8) is 0 Å². The van der Waals surface area contributed by atoms with Gasteiger partial charge in [0.15, 0.2) is 0 Å². The first-order chi connectivity index (χ1) is 7.67. The predicted molar refractivity (Wildman–Crippen MR) is 68.8 cm³/mol. The van der Waals surface area contributed by atoms with Crippen LogP contribution in [0.3, 0.4) is 0 Å². The third-order valence-corrected chi connectivity index (χ3v) is 4.15. The van der Waals surface area contributed by atoms with Crippen molar-refractivity contribution in [2.45, 2.75) is 57.4 Å². The van der Waals surface area contributed by atoms with Crippen LogP contribution in [0.1, 0.15) is 40.0 Å². The van der Waals surface area contributed by atoms with Crippen LogP contribution in [-0.4, -0.2) is 35.7 Å². The van der Waals surface area contributed by atoms with Crippen LogP contribution in [0.25, 0.3) is 0 Å². The summed E-state index contributed by atoms with van der Waals surface area (Å²) in [6.07, 6.45) is 3.63. The average molecular weight is 245 g/mol. The van der Waals surface area contributed by atoms with Crippen LogP contribution >= 0.6 is 11.8 Å². The first-order valence-electron chi connectivity index (χ1n) is 6.21. The van der Waals surface area contributed by atoms with Crippen molar-refractivity contribution in [1.29, 1.82) is 0 Å². The molecule has 1 rings (SSSR count). The number of thioether (sulfide) groups is 1. The van der Waals surface area contributed by atoms with Gasteiger partial charge in [0.05, 0.1) is 6.61 Å². The maximum atomic E-state index is 11.4. The molecule has 0 aliphatic heterocycles. The lowest BCUT2D eigenvalue weighted by molar-refractivity contribution is -0.145. The van der Waals surface area contributed by atoms with Crippen molar-refractivity contribution >= 4 is 17.7 Å². The Morgan fingerprint density at radius 2 is 2.25 bits per heavy atom. The van der Waals surface area contributed by atoms with Gasteiger partial charge in [-0.2, -0.15) is 11.8 Å². The molecule has 0 aromatic heterocycles. The molecule has 16 heavy (non-hydrogen) atoms. The molecule has 4 heteroatoms. The van der Waals surface area contributed by atoms with Crippen molar-refractivity contribution in [3.05, 3.63) is 0 Å². The van der Waals surface area contributed by atoms with Gasteiger partial charge in [-0.3, -0.25) is 4.79 Å². The van der Waals surface area contributed by atoms with Crippen LogP contribution < -0.4 is 5.32 Å². The molecule has 94 valence electrons. The minimum absolute atomic E-state index is 0.130. The van der Waals surface area contributed by atoms with Gasteiger partial charge in [-0.15, -0.1) is 0 Å². The largest absolute Gasteiger partial charge is 0.465 e. The SMILES string of the molecule is CCOC(=O)C(C)NC1CCC(SCC)C1. The lowest BCUT2D eigenvalue weighted by atomic mass is 10.2. The Balaban J connectivity index is 2.25. The lowest BCUT2D eigenvalue weighted by Gasteiger charge is -2.18. The molecule has 0 aromatic rings. The highest BCUT2D eigenvalue weighted by Crippen LogP contribution is 2.29. The fraction of sp³-hybridized carbons (Fsp3) is 0.917. The first kappa shape index (κ1) is 13.8. The van der Waals surface area contributed by atoms with E-state index >= 15 is 0 Å². The van der Waals surface area contributed by atoms with Gasteiger partial charge in [0.1, 0.15) is 6.04 Å². The number of rotatable bonds is 6. The molecule has 3 nitrogen and oxygen atoms in total.